The zero-order valence-electron chi connectivity index (χ0n) is 65.7. The Hall–Kier alpha value is 0. The van der Waals surface area contributed by atoms with Gasteiger partial charge in [0.15, 0.2) is 0 Å². The van der Waals surface area contributed by atoms with Crippen molar-refractivity contribution in [2.45, 2.75) is 441 Å². The smallest absolute Gasteiger partial charge is 0.0386 e. The SMILES string of the molecule is C1CC2CCCC2C1.C1CCC2CCC2C1.C1CCC2CCC2C1.C1CCC2CCC2C1.C1CCC2CCCC2C1.C1CCC2CCCC2C1.C1CCC2CCCCC2C1.CC(C)C.CC(C)C.CC(C)C.CC(C)C.CC(C)C.CC(C)C.CC(C)C. The maximum atomic E-state index is 2.17. The van der Waals surface area contributed by atoms with Gasteiger partial charge in [0, 0.05) is 0 Å². The lowest BCUT2D eigenvalue weighted by Gasteiger charge is -2.40. The molecular weight excluding hydrogens is 1060 g/mol. The van der Waals surface area contributed by atoms with Crippen molar-refractivity contribution in [2.75, 3.05) is 0 Å². The third-order valence-corrected chi connectivity index (χ3v) is 21.8. The molecule has 0 N–H and O–H groups in total. The van der Waals surface area contributed by atoms with Crippen molar-refractivity contribution in [1.29, 1.82) is 0 Å². The summed E-state index contributed by atoms with van der Waals surface area (Å²) in [6, 6.07) is 0. The van der Waals surface area contributed by atoms with Crippen molar-refractivity contribution in [3.05, 3.63) is 0 Å². The zero-order valence-corrected chi connectivity index (χ0v) is 65.7. The summed E-state index contributed by atoms with van der Waals surface area (Å²) >= 11 is 0. The van der Waals surface area contributed by atoms with Crippen molar-refractivity contribution in [3.63, 3.8) is 0 Å². The van der Waals surface area contributed by atoms with Gasteiger partial charge in [-0.1, -0.05) is 402 Å². The van der Waals surface area contributed by atoms with Crippen LogP contribution in [0.4, 0.5) is 0 Å². The molecule has 14 saturated carbocycles. The van der Waals surface area contributed by atoms with Crippen LogP contribution in [-0.2, 0) is 0 Å². The Kier molecular flexibility index (Phi) is 52.9. The van der Waals surface area contributed by atoms with E-state index in [4.69, 9.17) is 0 Å². The third-order valence-electron chi connectivity index (χ3n) is 21.8. The summed E-state index contributed by atoms with van der Waals surface area (Å²) in [6.07, 6.45) is 71.2. The van der Waals surface area contributed by atoms with Gasteiger partial charge in [0.25, 0.3) is 0 Å². The van der Waals surface area contributed by atoms with Crippen LogP contribution in [0.2, 0.25) is 0 Å². The van der Waals surface area contributed by atoms with E-state index < -0.39 is 0 Å². The predicted octanol–water partition coefficient (Wildman–Crippen LogP) is 31.3. The van der Waals surface area contributed by atoms with E-state index in [0.717, 1.165) is 53.3 Å². The van der Waals surface area contributed by atoms with E-state index in [-0.39, 0.29) is 0 Å². The fourth-order valence-electron chi connectivity index (χ4n) is 17.4. The molecule has 0 aromatic carbocycles. The summed E-state index contributed by atoms with van der Waals surface area (Å²) in [7, 11) is 0. The van der Waals surface area contributed by atoms with Crippen LogP contribution in [0.5, 0.6) is 0 Å². The molecule has 14 aliphatic rings. The van der Waals surface area contributed by atoms with Crippen LogP contribution < -0.4 is 0 Å². The van der Waals surface area contributed by atoms with Gasteiger partial charge in [0.05, 0.1) is 0 Å². The third kappa shape index (κ3) is 46.2. The highest BCUT2D eigenvalue weighted by atomic mass is 14.4. The highest BCUT2D eigenvalue weighted by molar-refractivity contribution is 4.87. The molecule has 0 heterocycles. The minimum atomic E-state index is 0.833. The van der Waals surface area contributed by atoms with E-state index in [9.17, 15) is 0 Å². The van der Waals surface area contributed by atoms with E-state index >= 15 is 0 Å². The summed E-state index contributed by atoms with van der Waals surface area (Å²) in [4.78, 5) is 0. The molecule has 88 heavy (non-hydrogen) atoms. The van der Waals surface area contributed by atoms with Crippen LogP contribution in [0, 0.1) is 124 Å². The van der Waals surface area contributed by atoms with Crippen LogP contribution in [0.1, 0.15) is 441 Å². The monoisotopic (exact) mass is 1230 g/mol. The molecule has 0 aromatic rings. The van der Waals surface area contributed by atoms with Crippen molar-refractivity contribution in [2.24, 2.45) is 124 Å². The van der Waals surface area contributed by atoms with E-state index in [1.54, 1.807) is 180 Å². The first-order chi connectivity index (χ1) is 41.9. The van der Waals surface area contributed by atoms with E-state index in [1.165, 1.54) is 187 Å². The fraction of sp³-hybridized carbons (Fsp3) is 1.00. The molecule has 528 valence electrons. The first kappa shape index (κ1) is 86.0. The lowest BCUT2D eigenvalue weighted by Crippen LogP contribution is -2.28. The largest absolute Gasteiger partial charge is 0.0630 e. The molecule has 14 fully saturated rings. The molecule has 0 amide bonds. The molecule has 14 aliphatic carbocycles. The molecule has 0 nitrogen and oxygen atoms in total. The quantitative estimate of drug-likeness (QED) is 0.227. The van der Waals surface area contributed by atoms with Crippen LogP contribution >= 0.6 is 0 Å². The molecule has 0 spiro atoms. The summed E-state index contributed by atoms with van der Waals surface area (Å²) in [5.41, 5.74) is 0. The molecule has 0 heteroatoms. The van der Waals surface area contributed by atoms with Gasteiger partial charge < -0.3 is 0 Å². The van der Waals surface area contributed by atoms with Gasteiger partial charge in [0.1, 0.15) is 0 Å². The summed E-state index contributed by atoms with van der Waals surface area (Å²) < 4.78 is 0. The fourth-order valence-corrected chi connectivity index (χ4v) is 17.4. The van der Waals surface area contributed by atoms with Crippen molar-refractivity contribution >= 4 is 0 Å². The van der Waals surface area contributed by atoms with Gasteiger partial charge in [-0.25, -0.2) is 0 Å². The molecular formula is C88H176. The van der Waals surface area contributed by atoms with Crippen LogP contribution in [0.15, 0.2) is 0 Å². The predicted molar refractivity (Wildman–Crippen MR) is 405 cm³/mol. The highest BCUT2D eigenvalue weighted by Crippen LogP contribution is 2.48. The Labute approximate surface area is 561 Å². The normalized spacial score (nSPS) is 32.6. The highest BCUT2D eigenvalue weighted by Gasteiger charge is 2.35. The second-order valence-electron chi connectivity index (χ2n) is 37.2. The van der Waals surface area contributed by atoms with Crippen LogP contribution in [-0.4, -0.2) is 0 Å². The van der Waals surface area contributed by atoms with E-state index in [1.807, 2.05) is 0 Å². The number of hydrogen-bond donors (Lipinski definition) is 0. The number of hydrogen-bond acceptors (Lipinski definition) is 0. The Balaban J connectivity index is 0.000000481. The Bertz CT molecular complexity index is 1190. The average molecular weight is 1230 g/mol. The van der Waals surface area contributed by atoms with E-state index in [0.29, 0.717) is 0 Å². The summed E-state index contributed by atoms with van der Waals surface area (Å²) in [5.74, 6) is 22.3. The van der Waals surface area contributed by atoms with Gasteiger partial charge in [-0.2, -0.15) is 0 Å². The van der Waals surface area contributed by atoms with Gasteiger partial charge >= 0.3 is 0 Å². The molecule has 10 atom stereocenters. The minimum Gasteiger partial charge on any atom is -0.0630 e. The zero-order chi connectivity index (χ0) is 65.7. The Morgan fingerprint density at radius 2 is 0.159 bits per heavy atom. The molecule has 14 rings (SSSR count). The molecule has 0 bridgehead atoms. The Morgan fingerprint density at radius 3 is 0.216 bits per heavy atom. The molecule has 0 aliphatic heterocycles. The second-order valence-corrected chi connectivity index (χ2v) is 37.2. The minimum absolute atomic E-state index is 0.833. The van der Waals surface area contributed by atoms with Crippen molar-refractivity contribution in [3.8, 4) is 0 Å². The first-order valence-corrected chi connectivity index (χ1v) is 41.9. The summed E-state index contributed by atoms with van der Waals surface area (Å²) in [6.45, 7) is 45.5. The maximum absolute atomic E-state index is 2.17. The molecule has 0 aromatic heterocycles. The lowest BCUT2D eigenvalue weighted by molar-refractivity contribution is 0.115. The van der Waals surface area contributed by atoms with Gasteiger partial charge in [-0.15, -0.1) is 0 Å². The molecule has 10 unspecified atom stereocenters. The van der Waals surface area contributed by atoms with Gasteiger partial charge in [0.2, 0.25) is 0 Å². The van der Waals surface area contributed by atoms with Gasteiger partial charge in [-0.3, -0.25) is 0 Å². The van der Waals surface area contributed by atoms with E-state index in [2.05, 4.69) is 145 Å². The maximum Gasteiger partial charge on any atom is -0.0386 e. The van der Waals surface area contributed by atoms with Crippen molar-refractivity contribution < 1.29 is 0 Å². The second kappa shape index (κ2) is 54.2. The Morgan fingerprint density at radius 1 is 0.102 bits per heavy atom. The number of fused-ring (bicyclic) bond motifs is 7. The van der Waals surface area contributed by atoms with Crippen LogP contribution in [0.3, 0.4) is 0 Å². The lowest BCUT2D eigenvalue weighted by atomic mass is 9.66. The molecule has 0 saturated heterocycles. The number of rotatable bonds is 0. The van der Waals surface area contributed by atoms with Gasteiger partial charge in [-0.05, 0) is 163 Å². The first-order valence-electron chi connectivity index (χ1n) is 41.9. The molecule has 0 radical (unpaired) electrons. The summed E-state index contributed by atoms with van der Waals surface area (Å²) in [5, 5.41) is 0. The van der Waals surface area contributed by atoms with Crippen LogP contribution in [0.25, 0.3) is 0 Å². The standard InChI is InChI=1S/C10H18.2C9H16.4C8H14.7C4H10/c1-2-6-10-8-4-3-7-9(10)5-1;2*1-2-5-9-7-3-6-8(9)4-1;1-3-7-5-2-6-8(7)4-1;3*1-2-4-8-6-5-7(8)3-1;7*1-4(2)3/h9-10H,1-8H2;2*8-9H,1-7H2;4*7-8H,1-6H2;7*4H,1-3H3. The average Bonchev–Trinajstić information content (AvgIpc) is 2.48. The topological polar surface area (TPSA) is 0 Å². The van der Waals surface area contributed by atoms with Crippen molar-refractivity contribution in [1.82, 2.24) is 0 Å².